The molecule has 19 rings (SSSR count). The van der Waals surface area contributed by atoms with Crippen molar-refractivity contribution in [2.75, 3.05) is 164 Å². The Labute approximate surface area is 799 Å². The summed E-state index contributed by atoms with van der Waals surface area (Å²) in [6.45, 7) is 16.2. The van der Waals surface area contributed by atoms with Crippen LogP contribution in [0.15, 0.2) is 159 Å². The van der Waals surface area contributed by atoms with E-state index in [4.69, 9.17) is 130 Å². The number of carbonyl (C=O) groups is 4. The maximum absolute atomic E-state index is 12.9. The lowest BCUT2D eigenvalue weighted by molar-refractivity contribution is -0.139. The molecule has 29 nitrogen and oxygen atoms in total. The van der Waals surface area contributed by atoms with Crippen molar-refractivity contribution in [3.8, 4) is 44.5 Å². The normalized spacial score (nSPS) is 16.0. The van der Waals surface area contributed by atoms with Crippen molar-refractivity contribution in [2.45, 2.75) is 64.7 Å². The molecule has 688 valence electrons. The molecule has 6 saturated heterocycles. The number of aromatic nitrogens is 10. The zero-order valence-corrected chi connectivity index (χ0v) is 78.9. The van der Waals surface area contributed by atoms with Gasteiger partial charge in [0, 0.05) is 299 Å². The summed E-state index contributed by atoms with van der Waals surface area (Å²) in [6.07, 6.45) is 23.7. The number of amides is 4. The molecule has 4 amide bonds. The quantitative estimate of drug-likeness (QED) is 0.0584. The van der Waals surface area contributed by atoms with Gasteiger partial charge in [-0.2, -0.15) is 0 Å². The molecule has 0 saturated carbocycles. The zero-order valence-electron chi connectivity index (χ0n) is 72.8. The van der Waals surface area contributed by atoms with Gasteiger partial charge in [0.25, 0.3) is 5.91 Å². The van der Waals surface area contributed by atoms with Gasteiger partial charge in [-0.15, -0.1) is 0 Å². The number of ether oxygens (including phenoxy) is 3. The van der Waals surface area contributed by atoms with Crippen LogP contribution >= 0.6 is 92.8 Å². The molecule has 0 aliphatic carbocycles. The predicted molar refractivity (Wildman–Crippen MR) is 520 cm³/mol. The van der Waals surface area contributed by atoms with Crippen LogP contribution in [0.2, 0.25) is 40.2 Å². The third-order valence-electron chi connectivity index (χ3n) is 25.2. The smallest absolute Gasteiger partial charge is 0.274 e. The van der Waals surface area contributed by atoms with Gasteiger partial charge in [0.2, 0.25) is 17.7 Å². The summed E-state index contributed by atoms with van der Waals surface area (Å²) in [4.78, 5) is 90.1. The molecule has 6 aliphatic heterocycles. The molecule has 15 heterocycles. The highest BCUT2D eigenvalue weighted by atomic mass is 35.5. The van der Waals surface area contributed by atoms with Gasteiger partial charge in [-0.3, -0.25) is 36.8 Å². The molecule has 13 aromatic rings. The van der Waals surface area contributed by atoms with E-state index >= 15 is 0 Å². The number of rotatable bonds is 19. The van der Waals surface area contributed by atoms with Crippen LogP contribution in [0.5, 0.6) is 0 Å². The summed E-state index contributed by atoms with van der Waals surface area (Å²) < 4.78 is 25.9. The fourth-order valence-corrected chi connectivity index (χ4v) is 19.9. The van der Waals surface area contributed by atoms with Crippen molar-refractivity contribution in [3.05, 3.63) is 227 Å². The SMILES string of the molecule is COCCC(=O)N1CCN(c2cnc3cc(CN)c(-c4ccc(Cl)cc4Cl)cn23)CC1.Cn1cnc(C(=O)N2CCN(c3cnc4cc(CN)c(-c5ccc(Cl)cc5Cl)cn34)CC2)c1.NCc1cc2ncc(N3CCN(C(=O)C4CCOCC4)CC3)n2cc1-c1ccc(Cl)cc1Cl.NCc1cc2ncc(N3CCN(C(=O)CC4CCOCC4)CC3)n2cc1-c1ccc(Cl)cc1Cl. The van der Waals surface area contributed by atoms with E-state index < -0.39 is 0 Å². The fraction of sp³-hybridized carbons (Fsp3) is 0.372. The summed E-state index contributed by atoms with van der Waals surface area (Å²) in [6, 6.07) is 29.9. The summed E-state index contributed by atoms with van der Waals surface area (Å²) in [5.41, 5.74) is 39.1. The number of pyridine rings is 4. The van der Waals surface area contributed by atoms with Gasteiger partial charge in [0.15, 0.2) is 0 Å². The van der Waals surface area contributed by atoms with Gasteiger partial charge in [-0.05, 0) is 127 Å². The average Bonchev–Trinajstić information content (AvgIpc) is 1.68. The summed E-state index contributed by atoms with van der Waals surface area (Å²) in [5, 5.41) is 4.67. The minimum Gasteiger partial charge on any atom is -0.384 e. The molecule has 0 bridgehead atoms. The van der Waals surface area contributed by atoms with E-state index in [9.17, 15) is 19.2 Å². The molecule has 9 aromatic heterocycles. The first kappa shape index (κ1) is 94.2. The predicted octanol–water partition coefficient (Wildman–Crippen LogP) is 15.0. The highest BCUT2D eigenvalue weighted by Gasteiger charge is 2.33. The molecule has 8 N–H and O–H groups in total. The topological polar surface area (TPSA) is 313 Å². The van der Waals surface area contributed by atoms with Crippen LogP contribution in [0.3, 0.4) is 0 Å². The Morgan fingerprint density at radius 1 is 0.382 bits per heavy atom. The van der Waals surface area contributed by atoms with E-state index in [0.29, 0.717) is 176 Å². The Balaban J connectivity index is 0.000000128. The standard InChI is InChI=1S/C25H29Cl2N5O2.C24H27Cl2N5O2.C23H23Cl2N7O.C22H25Cl2N5O2/c26-19-1-2-20(22(27)13-19)21-16-32-23(12-18(21)14-28)29-15-24(32)30-5-7-31(8-6-30)25(33)11-17-3-9-34-10-4-17;25-18-1-2-19(21(26)12-18)20-15-31-22(11-17(20)13-27)28-14-23(31)29-5-7-30(8-6-29)24(32)16-3-9-33-10-4-16;1-29-13-20(28-14-29)23(33)31-6-4-30(5-7-31)22-11-27-21-8-15(10-26)18(12-32(21)22)17-3-2-16(24)9-19(17)25;1-31-9-4-22(30)28-7-5-27(6-8-28)21-13-26-20-10-15(12-25)18(14-29(20)21)17-3-2-16(23)11-19(17)24/h1-2,12-13,15-17H,3-11,14,28H2;1-2,11-12,14-16H,3-10,13,27H2;2-3,8-9,11-14H,4-7,10,26H2,1H3;2-3,10-11,13-14H,4-9,12,25H2,1H3. The number of aryl methyl sites for hydroxylation is 1. The van der Waals surface area contributed by atoms with E-state index in [1.165, 1.54) is 0 Å². The van der Waals surface area contributed by atoms with Crippen molar-refractivity contribution in [1.29, 1.82) is 0 Å². The first-order valence-corrected chi connectivity index (χ1v) is 46.9. The number of halogens is 8. The van der Waals surface area contributed by atoms with E-state index in [2.05, 4.69) is 74.5 Å². The number of nitrogens with zero attached hydrogens (tertiary/aromatic N) is 18. The molecule has 37 heteroatoms. The van der Waals surface area contributed by atoms with E-state index in [1.54, 1.807) is 48.5 Å². The zero-order chi connectivity index (χ0) is 91.7. The summed E-state index contributed by atoms with van der Waals surface area (Å²) in [7, 11) is 3.46. The maximum atomic E-state index is 12.9. The van der Waals surface area contributed by atoms with Crippen molar-refractivity contribution in [2.24, 2.45) is 41.8 Å². The second-order valence-corrected chi connectivity index (χ2v) is 36.6. The Bertz CT molecular complexity index is 6280. The lowest BCUT2D eigenvalue weighted by Gasteiger charge is -2.37. The van der Waals surface area contributed by atoms with Gasteiger partial charge in [-0.25, -0.2) is 24.9 Å². The number of anilines is 4. The molecule has 0 spiro atoms. The Morgan fingerprint density at radius 3 is 1.00 bits per heavy atom. The first-order chi connectivity index (χ1) is 63.5. The van der Waals surface area contributed by atoms with Crippen LogP contribution in [-0.2, 0) is 61.8 Å². The first-order valence-electron chi connectivity index (χ1n) is 43.9. The van der Waals surface area contributed by atoms with Crippen molar-refractivity contribution in [3.63, 3.8) is 0 Å². The van der Waals surface area contributed by atoms with Gasteiger partial charge in [-0.1, -0.05) is 117 Å². The van der Waals surface area contributed by atoms with Crippen LogP contribution < -0.4 is 42.5 Å². The third-order valence-corrected chi connectivity index (χ3v) is 27.3. The van der Waals surface area contributed by atoms with Crippen LogP contribution in [0.4, 0.5) is 23.3 Å². The highest BCUT2D eigenvalue weighted by molar-refractivity contribution is 6.38. The molecule has 0 atom stereocenters. The van der Waals surface area contributed by atoms with Crippen molar-refractivity contribution < 1.29 is 33.4 Å². The number of piperazine rings is 4. The number of hydrogen-bond acceptors (Lipinski definition) is 20. The largest absolute Gasteiger partial charge is 0.384 e. The number of fused-ring (bicyclic) bond motifs is 4. The van der Waals surface area contributed by atoms with E-state index in [-0.39, 0.29) is 29.5 Å². The maximum Gasteiger partial charge on any atom is 0.274 e. The number of methoxy groups -OCH3 is 1. The number of carbonyl (C=O) groups excluding carboxylic acids is 4. The minimum atomic E-state index is -0.0411. The van der Waals surface area contributed by atoms with Crippen molar-refractivity contribution in [1.82, 2.24) is 66.7 Å². The van der Waals surface area contributed by atoms with Crippen LogP contribution in [0, 0.1) is 11.8 Å². The molecule has 6 fully saturated rings. The number of nitrogens with two attached hydrogens (primary N) is 4. The Kier molecular flexibility index (Phi) is 30.8. The van der Waals surface area contributed by atoms with Gasteiger partial charge < -0.3 is 80.9 Å². The summed E-state index contributed by atoms with van der Waals surface area (Å²) >= 11 is 50.4. The summed E-state index contributed by atoms with van der Waals surface area (Å²) in [5.74, 6) is 5.11. The van der Waals surface area contributed by atoms with Gasteiger partial charge in [0.05, 0.1) is 44.1 Å². The fourth-order valence-electron chi connectivity index (χ4n) is 17.8. The van der Waals surface area contributed by atoms with E-state index in [0.717, 1.165) is 191 Å². The minimum absolute atomic E-state index is 0.0411. The molecular formula is C94H104Cl8N22O7. The van der Waals surface area contributed by atoms with E-state index in [1.807, 2.05) is 137 Å². The lowest BCUT2D eigenvalue weighted by Crippen LogP contribution is -2.51. The highest BCUT2D eigenvalue weighted by Crippen LogP contribution is 2.41. The Hall–Kier alpha value is -10.0. The monoisotopic (exact) mass is 1930 g/mol. The van der Waals surface area contributed by atoms with Gasteiger partial charge >= 0.3 is 0 Å². The van der Waals surface area contributed by atoms with Crippen LogP contribution in [-0.4, -0.2) is 235 Å². The lowest BCUT2D eigenvalue weighted by atomic mass is 9.96. The van der Waals surface area contributed by atoms with Gasteiger partial charge in [0.1, 0.15) is 51.6 Å². The number of benzene rings is 4. The van der Waals surface area contributed by atoms with Crippen molar-refractivity contribution >= 4 is 162 Å². The third kappa shape index (κ3) is 21.5. The van der Waals surface area contributed by atoms with Crippen LogP contribution in [0.1, 0.15) is 71.3 Å². The average molecular weight is 1940 g/mol. The Morgan fingerprint density at radius 2 is 0.695 bits per heavy atom. The number of imidazole rings is 5. The van der Waals surface area contributed by atoms with Crippen LogP contribution in [0.25, 0.3) is 67.1 Å². The molecule has 0 unspecified atom stereocenters. The molecule has 6 aliphatic rings. The second kappa shape index (κ2) is 42.9. The second-order valence-electron chi connectivity index (χ2n) is 33.2. The molecular weight excluding hydrogens is 1830 g/mol. The molecule has 4 aromatic carbocycles. The molecule has 0 radical (unpaired) electrons. The molecule has 131 heavy (non-hydrogen) atoms. The number of hydrogen-bond donors (Lipinski definition) is 4.